The summed E-state index contributed by atoms with van der Waals surface area (Å²) in [7, 11) is 0. The van der Waals surface area contributed by atoms with Crippen LogP contribution in [-0.2, 0) is 19.5 Å². The van der Waals surface area contributed by atoms with Gasteiger partial charge in [-0.05, 0) is 31.9 Å². The van der Waals surface area contributed by atoms with Crippen LogP contribution in [-0.4, -0.2) is 33.8 Å². The highest BCUT2D eigenvalue weighted by Crippen LogP contribution is 2.27. The highest BCUT2D eigenvalue weighted by molar-refractivity contribution is 5.97. The van der Waals surface area contributed by atoms with Crippen molar-refractivity contribution in [1.82, 2.24) is 20.1 Å². The lowest BCUT2D eigenvalue weighted by Gasteiger charge is -2.22. The third kappa shape index (κ3) is 2.81. The van der Waals surface area contributed by atoms with Gasteiger partial charge in [0.15, 0.2) is 11.8 Å². The summed E-state index contributed by atoms with van der Waals surface area (Å²) in [6, 6.07) is 8.51. The fraction of sp³-hybridized carbons (Fsp3) is 0.438. The third-order valence-corrected chi connectivity index (χ3v) is 3.88. The molecular weight excluding hydrogens is 276 g/mol. The van der Waals surface area contributed by atoms with Gasteiger partial charge in [-0.2, -0.15) is 0 Å². The van der Waals surface area contributed by atoms with Crippen molar-refractivity contribution >= 4 is 11.6 Å². The average Bonchev–Trinajstić information content (AvgIpc) is 3.18. The van der Waals surface area contributed by atoms with Gasteiger partial charge in [-0.15, -0.1) is 10.2 Å². The standard InChI is InChI=1S/C16H22N6/c1-3-17-16(18-11-15-20-19-12-21(15)4-2)22-10-9-13-7-5-6-8-14(13)22/h5-8,12H,3-4,9-11H2,1-2H3,(H,17,18). The van der Waals surface area contributed by atoms with Crippen molar-refractivity contribution in [1.29, 1.82) is 0 Å². The van der Waals surface area contributed by atoms with Crippen LogP contribution in [0.4, 0.5) is 5.69 Å². The molecule has 6 nitrogen and oxygen atoms in total. The number of hydrogen-bond acceptors (Lipinski definition) is 3. The Bertz CT molecular complexity index is 660. The summed E-state index contributed by atoms with van der Waals surface area (Å²) in [5, 5.41) is 11.5. The Morgan fingerprint density at radius 2 is 2.18 bits per heavy atom. The molecule has 0 radical (unpaired) electrons. The predicted molar refractivity (Wildman–Crippen MR) is 88.0 cm³/mol. The van der Waals surface area contributed by atoms with Crippen LogP contribution in [0.15, 0.2) is 35.6 Å². The number of para-hydroxylation sites is 1. The van der Waals surface area contributed by atoms with Crippen LogP contribution < -0.4 is 10.2 Å². The molecule has 0 atom stereocenters. The number of nitrogens with zero attached hydrogens (tertiary/aromatic N) is 5. The molecule has 1 aromatic carbocycles. The fourth-order valence-electron chi connectivity index (χ4n) is 2.76. The first-order chi connectivity index (χ1) is 10.8. The van der Waals surface area contributed by atoms with Crippen molar-refractivity contribution in [3.8, 4) is 0 Å². The van der Waals surface area contributed by atoms with Gasteiger partial charge in [-0.25, -0.2) is 4.99 Å². The number of aliphatic imine (C=N–C) groups is 1. The van der Waals surface area contributed by atoms with Gasteiger partial charge >= 0.3 is 0 Å². The summed E-state index contributed by atoms with van der Waals surface area (Å²) in [5.41, 5.74) is 2.63. The van der Waals surface area contributed by atoms with Crippen molar-refractivity contribution in [2.45, 2.75) is 33.4 Å². The zero-order valence-electron chi connectivity index (χ0n) is 13.2. The minimum atomic E-state index is 0.537. The summed E-state index contributed by atoms with van der Waals surface area (Å²) >= 11 is 0. The Kier molecular flexibility index (Phi) is 4.37. The van der Waals surface area contributed by atoms with Gasteiger partial charge in [0.2, 0.25) is 0 Å². The summed E-state index contributed by atoms with van der Waals surface area (Å²) in [6.07, 6.45) is 2.81. The number of hydrogen-bond donors (Lipinski definition) is 1. The van der Waals surface area contributed by atoms with Crippen molar-refractivity contribution in [3.05, 3.63) is 42.0 Å². The van der Waals surface area contributed by atoms with Crippen LogP contribution in [0.5, 0.6) is 0 Å². The smallest absolute Gasteiger partial charge is 0.198 e. The lowest BCUT2D eigenvalue weighted by atomic mass is 10.2. The Labute approximate surface area is 130 Å². The highest BCUT2D eigenvalue weighted by Gasteiger charge is 2.22. The number of aromatic nitrogens is 3. The molecule has 2 aromatic rings. The molecule has 0 bridgehead atoms. The molecule has 0 fully saturated rings. The molecule has 6 heteroatoms. The van der Waals surface area contributed by atoms with Gasteiger partial charge < -0.3 is 14.8 Å². The zero-order chi connectivity index (χ0) is 15.4. The lowest BCUT2D eigenvalue weighted by Crippen LogP contribution is -2.40. The Hall–Kier alpha value is -2.37. The highest BCUT2D eigenvalue weighted by atomic mass is 15.3. The number of guanidine groups is 1. The Morgan fingerprint density at radius 1 is 1.32 bits per heavy atom. The van der Waals surface area contributed by atoms with E-state index in [2.05, 4.69) is 58.5 Å². The van der Waals surface area contributed by atoms with Gasteiger partial charge in [0, 0.05) is 25.3 Å². The second kappa shape index (κ2) is 6.60. The summed E-state index contributed by atoms with van der Waals surface area (Å²) < 4.78 is 2.02. The van der Waals surface area contributed by atoms with E-state index in [-0.39, 0.29) is 0 Å². The van der Waals surface area contributed by atoms with E-state index in [4.69, 9.17) is 4.99 Å². The monoisotopic (exact) mass is 298 g/mol. The molecule has 2 heterocycles. The number of fused-ring (bicyclic) bond motifs is 1. The molecular formula is C16H22N6. The molecule has 0 saturated heterocycles. The molecule has 1 N–H and O–H groups in total. The van der Waals surface area contributed by atoms with Gasteiger partial charge in [-0.3, -0.25) is 0 Å². The molecule has 116 valence electrons. The number of nitrogens with one attached hydrogen (secondary N) is 1. The molecule has 22 heavy (non-hydrogen) atoms. The molecule has 0 aliphatic carbocycles. The normalized spacial score (nSPS) is 14.3. The van der Waals surface area contributed by atoms with Crippen LogP contribution in [0.25, 0.3) is 0 Å². The topological polar surface area (TPSA) is 58.3 Å². The maximum absolute atomic E-state index is 4.75. The maximum atomic E-state index is 4.75. The second-order valence-electron chi connectivity index (χ2n) is 5.23. The van der Waals surface area contributed by atoms with Crippen LogP contribution in [0.1, 0.15) is 25.2 Å². The van der Waals surface area contributed by atoms with Crippen LogP contribution in [0.2, 0.25) is 0 Å². The van der Waals surface area contributed by atoms with E-state index >= 15 is 0 Å². The molecule has 0 unspecified atom stereocenters. The first-order valence-electron chi connectivity index (χ1n) is 7.84. The van der Waals surface area contributed by atoms with Crippen LogP contribution in [0.3, 0.4) is 0 Å². The molecule has 3 rings (SSSR count). The molecule has 0 saturated carbocycles. The molecule has 0 spiro atoms. The van der Waals surface area contributed by atoms with Gasteiger partial charge in [0.05, 0.1) is 0 Å². The van der Waals surface area contributed by atoms with Gasteiger partial charge in [0.1, 0.15) is 12.9 Å². The van der Waals surface area contributed by atoms with Gasteiger partial charge in [0.25, 0.3) is 0 Å². The first kappa shape index (κ1) is 14.6. The molecule has 1 aliphatic rings. The number of anilines is 1. The lowest BCUT2D eigenvalue weighted by molar-refractivity contribution is 0.696. The van der Waals surface area contributed by atoms with E-state index in [1.807, 2.05) is 4.57 Å². The second-order valence-corrected chi connectivity index (χ2v) is 5.23. The summed E-state index contributed by atoms with van der Waals surface area (Å²) in [6.45, 7) is 7.38. The van der Waals surface area contributed by atoms with E-state index in [1.54, 1.807) is 6.33 Å². The number of aryl methyl sites for hydroxylation is 1. The minimum Gasteiger partial charge on any atom is -0.356 e. The fourth-order valence-corrected chi connectivity index (χ4v) is 2.76. The number of benzene rings is 1. The van der Waals surface area contributed by atoms with Gasteiger partial charge in [-0.1, -0.05) is 18.2 Å². The Balaban J connectivity index is 1.83. The predicted octanol–water partition coefficient (Wildman–Crippen LogP) is 1.83. The third-order valence-electron chi connectivity index (χ3n) is 3.88. The summed E-state index contributed by atoms with van der Waals surface area (Å²) in [4.78, 5) is 7.01. The maximum Gasteiger partial charge on any atom is 0.198 e. The molecule has 1 aromatic heterocycles. The van der Waals surface area contributed by atoms with E-state index in [9.17, 15) is 0 Å². The Morgan fingerprint density at radius 3 is 3.00 bits per heavy atom. The van der Waals surface area contributed by atoms with Crippen LogP contribution in [0, 0.1) is 0 Å². The van der Waals surface area contributed by atoms with E-state index in [0.717, 1.165) is 37.8 Å². The first-order valence-corrected chi connectivity index (χ1v) is 7.84. The average molecular weight is 298 g/mol. The van der Waals surface area contributed by atoms with Crippen molar-refractivity contribution in [2.75, 3.05) is 18.0 Å². The quantitative estimate of drug-likeness (QED) is 0.691. The van der Waals surface area contributed by atoms with Crippen molar-refractivity contribution in [2.24, 2.45) is 4.99 Å². The zero-order valence-corrected chi connectivity index (χ0v) is 13.2. The van der Waals surface area contributed by atoms with Crippen molar-refractivity contribution < 1.29 is 0 Å². The van der Waals surface area contributed by atoms with E-state index < -0.39 is 0 Å². The van der Waals surface area contributed by atoms with E-state index in [0.29, 0.717) is 6.54 Å². The molecule has 0 amide bonds. The molecule has 1 aliphatic heterocycles. The minimum absolute atomic E-state index is 0.537. The number of rotatable bonds is 4. The van der Waals surface area contributed by atoms with Crippen LogP contribution >= 0.6 is 0 Å². The SMILES string of the molecule is CCNC(=NCc1nncn1CC)N1CCc2ccccc21. The van der Waals surface area contributed by atoms with E-state index in [1.165, 1.54) is 11.3 Å². The summed E-state index contributed by atoms with van der Waals surface area (Å²) in [5.74, 6) is 1.81. The largest absolute Gasteiger partial charge is 0.356 e. The van der Waals surface area contributed by atoms with Crippen molar-refractivity contribution in [3.63, 3.8) is 0 Å².